The van der Waals surface area contributed by atoms with E-state index in [2.05, 4.69) is 47.3 Å². The van der Waals surface area contributed by atoms with Crippen LogP contribution < -0.4 is 0 Å². The average Bonchev–Trinajstić information content (AvgIpc) is 3.80. The Kier molecular flexibility index (Phi) is 7.67. The van der Waals surface area contributed by atoms with Gasteiger partial charge in [0.15, 0.2) is 5.69 Å². The fourth-order valence-electron chi connectivity index (χ4n) is 6.25. The summed E-state index contributed by atoms with van der Waals surface area (Å²) in [6, 6.07) is 48.4. The molecule has 0 radical (unpaired) electrons. The van der Waals surface area contributed by atoms with Gasteiger partial charge in [-0.1, -0.05) is 91.0 Å². The van der Waals surface area contributed by atoms with Crippen LogP contribution in [0.15, 0.2) is 155 Å². The molecule has 0 atom stereocenters. The smallest absolute Gasteiger partial charge is 0.206 e. The number of hydrogen-bond acceptors (Lipinski definition) is 5. The van der Waals surface area contributed by atoms with Crippen LogP contribution in [0.3, 0.4) is 0 Å². The molecule has 0 unspecified atom stereocenters. The molecule has 0 amide bonds. The summed E-state index contributed by atoms with van der Waals surface area (Å²) in [5, 5.41) is 11.9. The molecule has 0 fully saturated rings. The van der Waals surface area contributed by atoms with Crippen LogP contribution in [0, 0.1) is 17.9 Å². The van der Waals surface area contributed by atoms with Crippen molar-refractivity contribution in [1.82, 2.24) is 0 Å². The van der Waals surface area contributed by atoms with Gasteiger partial charge in [-0.05, 0) is 76.9 Å². The zero-order valence-corrected chi connectivity index (χ0v) is 28.2. The standard InChI is InChI=1S/C42H24N2O2S3/c1-44-32-22-27(26-43)21-31(23-32)38-25-36-40(30-13-7-3-8-14-30)41-35(39(42(36)48-38)29-11-5-2-6-12-29)24-37(47-41)28-17-19-34(20-18-28)49(45,46)33-15-9-4-10-16-33/h2-25H. The minimum absolute atomic E-state index is 0.258. The molecule has 6 aromatic carbocycles. The van der Waals surface area contributed by atoms with Crippen LogP contribution in [0.2, 0.25) is 0 Å². The third-order valence-corrected chi connectivity index (χ3v) is 12.7. The average molecular weight is 685 g/mol. The third kappa shape index (κ3) is 5.41. The molecule has 49 heavy (non-hydrogen) atoms. The van der Waals surface area contributed by atoms with Crippen LogP contribution in [-0.2, 0) is 9.84 Å². The van der Waals surface area contributed by atoms with E-state index in [4.69, 9.17) is 6.57 Å². The van der Waals surface area contributed by atoms with Gasteiger partial charge >= 0.3 is 0 Å². The van der Waals surface area contributed by atoms with Gasteiger partial charge in [0, 0.05) is 46.6 Å². The Hall–Kier alpha value is -5.83. The quantitative estimate of drug-likeness (QED) is 0.164. The van der Waals surface area contributed by atoms with Crippen molar-refractivity contribution in [3.05, 3.63) is 163 Å². The van der Waals surface area contributed by atoms with E-state index in [-0.39, 0.29) is 9.79 Å². The molecule has 2 aromatic heterocycles. The summed E-state index contributed by atoms with van der Waals surface area (Å²) in [6.45, 7) is 7.62. The fourth-order valence-corrected chi connectivity index (χ4v) is 10.0. The van der Waals surface area contributed by atoms with Gasteiger partial charge in [-0.2, -0.15) is 5.26 Å². The molecule has 8 rings (SSSR count). The zero-order valence-electron chi connectivity index (χ0n) is 25.8. The highest BCUT2D eigenvalue weighted by Gasteiger charge is 2.23. The number of fused-ring (bicyclic) bond motifs is 2. The Morgan fingerprint density at radius 2 is 1.04 bits per heavy atom. The molecule has 0 N–H and O–H groups in total. The van der Waals surface area contributed by atoms with Crippen molar-refractivity contribution in [1.29, 1.82) is 5.26 Å². The molecule has 0 bridgehead atoms. The van der Waals surface area contributed by atoms with Crippen molar-refractivity contribution in [3.8, 4) is 49.2 Å². The van der Waals surface area contributed by atoms with Crippen LogP contribution in [0.4, 0.5) is 5.69 Å². The highest BCUT2D eigenvalue weighted by atomic mass is 32.2. The summed E-state index contributed by atoms with van der Waals surface area (Å²) in [5.41, 5.74) is 7.10. The lowest BCUT2D eigenvalue weighted by Gasteiger charge is -2.12. The maximum absolute atomic E-state index is 13.3. The van der Waals surface area contributed by atoms with E-state index in [0.29, 0.717) is 11.3 Å². The molecular weight excluding hydrogens is 661 g/mol. The Morgan fingerprint density at radius 1 is 0.551 bits per heavy atom. The summed E-state index contributed by atoms with van der Waals surface area (Å²) in [6.07, 6.45) is 0. The predicted octanol–water partition coefficient (Wildman–Crippen LogP) is 12.0. The Morgan fingerprint density at radius 3 is 1.55 bits per heavy atom. The monoisotopic (exact) mass is 684 g/mol. The molecule has 0 aliphatic carbocycles. The Labute approximate surface area is 292 Å². The first-order valence-electron chi connectivity index (χ1n) is 15.4. The van der Waals surface area contributed by atoms with E-state index < -0.39 is 9.84 Å². The van der Waals surface area contributed by atoms with Crippen LogP contribution in [-0.4, -0.2) is 8.42 Å². The van der Waals surface area contributed by atoms with Gasteiger partial charge in [0.1, 0.15) is 0 Å². The second-order valence-electron chi connectivity index (χ2n) is 11.5. The highest BCUT2D eigenvalue weighted by Crippen LogP contribution is 2.52. The first kappa shape index (κ1) is 30.5. The molecule has 0 spiro atoms. The molecule has 0 aliphatic rings. The van der Waals surface area contributed by atoms with Crippen molar-refractivity contribution < 1.29 is 8.42 Å². The van der Waals surface area contributed by atoms with Crippen LogP contribution in [0.1, 0.15) is 5.56 Å². The molecule has 0 saturated carbocycles. The summed E-state index contributed by atoms with van der Waals surface area (Å²) in [4.78, 5) is 6.18. The molecular formula is C42H24N2O2S3. The fraction of sp³-hybridized carbons (Fsp3) is 0. The molecule has 232 valence electrons. The lowest BCUT2D eigenvalue weighted by Crippen LogP contribution is -2.01. The highest BCUT2D eigenvalue weighted by molar-refractivity contribution is 7.91. The van der Waals surface area contributed by atoms with Crippen molar-refractivity contribution in [3.63, 3.8) is 0 Å². The molecule has 0 aliphatic heterocycles. The first-order valence-corrected chi connectivity index (χ1v) is 18.5. The molecule has 2 heterocycles. The normalized spacial score (nSPS) is 11.4. The topological polar surface area (TPSA) is 62.3 Å². The number of thiophene rings is 2. The largest absolute Gasteiger partial charge is 0.238 e. The number of rotatable bonds is 6. The summed E-state index contributed by atoms with van der Waals surface area (Å²) < 4.78 is 28.9. The van der Waals surface area contributed by atoms with Gasteiger partial charge in [0.2, 0.25) is 9.84 Å². The second kappa shape index (κ2) is 12.3. The van der Waals surface area contributed by atoms with Crippen molar-refractivity contribution in [2.24, 2.45) is 0 Å². The van der Waals surface area contributed by atoms with E-state index in [1.807, 2.05) is 60.7 Å². The number of sulfone groups is 1. The van der Waals surface area contributed by atoms with E-state index in [0.717, 1.165) is 63.3 Å². The minimum Gasteiger partial charge on any atom is -0.238 e. The minimum atomic E-state index is -3.63. The Bertz CT molecular complexity index is 2590. The number of nitriles is 1. The lowest BCUT2D eigenvalue weighted by atomic mass is 9.93. The maximum atomic E-state index is 13.3. The predicted molar refractivity (Wildman–Crippen MR) is 202 cm³/mol. The van der Waals surface area contributed by atoms with Crippen LogP contribution >= 0.6 is 22.7 Å². The molecule has 4 nitrogen and oxygen atoms in total. The van der Waals surface area contributed by atoms with Gasteiger partial charge < -0.3 is 0 Å². The molecule has 0 saturated heterocycles. The Balaban J connectivity index is 1.38. The molecule has 8 aromatic rings. The van der Waals surface area contributed by atoms with Gasteiger partial charge in [-0.15, -0.1) is 22.7 Å². The van der Waals surface area contributed by atoms with Gasteiger partial charge in [-0.3, -0.25) is 0 Å². The van der Waals surface area contributed by atoms with Crippen molar-refractivity contribution >= 4 is 58.4 Å². The van der Waals surface area contributed by atoms with Gasteiger partial charge in [0.05, 0.1) is 22.4 Å². The third-order valence-electron chi connectivity index (χ3n) is 8.55. The molecule has 7 heteroatoms. The van der Waals surface area contributed by atoms with Gasteiger partial charge in [0.25, 0.3) is 0 Å². The van der Waals surface area contributed by atoms with Crippen molar-refractivity contribution in [2.45, 2.75) is 9.79 Å². The number of nitrogens with zero attached hydrogens (tertiary/aromatic N) is 2. The SMILES string of the molecule is [C-]#[N+]c1cc(C#N)cc(-c2cc3c(-c4ccccc4)c4sc(-c5ccc(S(=O)(=O)c6ccccc6)cc5)cc4c(-c4ccccc4)c3s2)c1. The van der Waals surface area contributed by atoms with E-state index in [1.54, 1.807) is 71.2 Å². The van der Waals surface area contributed by atoms with E-state index >= 15 is 0 Å². The van der Waals surface area contributed by atoms with E-state index in [1.165, 1.54) is 0 Å². The number of hydrogen-bond donors (Lipinski definition) is 0. The first-order chi connectivity index (χ1) is 23.9. The van der Waals surface area contributed by atoms with Crippen molar-refractivity contribution in [2.75, 3.05) is 0 Å². The number of benzene rings is 6. The summed E-state index contributed by atoms with van der Waals surface area (Å²) in [7, 11) is -3.63. The lowest BCUT2D eigenvalue weighted by molar-refractivity contribution is 0.596. The second-order valence-corrected chi connectivity index (χ2v) is 15.6. The summed E-state index contributed by atoms with van der Waals surface area (Å²) in [5.74, 6) is 0. The van der Waals surface area contributed by atoms with Gasteiger partial charge in [-0.25, -0.2) is 13.3 Å². The zero-order chi connectivity index (χ0) is 33.5. The van der Waals surface area contributed by atoms with Crippen LogP contribution in [0.5, 0.6) is 0 Å². The maximum Gasteiger partial charge on any atom is 0.206 e. The van der Waals surface area contributed by atoms with Crippen LogP contribution in [0.25, 0.3) is 68.2 Å². The van der Waals surface area contributed by atoms with E-state index in [9.17, 15) is 13.7 Å². The summed E-state index contributed by atoms with van der Waals surface area (Å²) >= 11 is 3.36.